The lowest BCUT2D eigenvalue weighted by Gasteiger charge is -2.44. The van der Waals surface area contributed by atoms with Gasteiger partial charge in [-0.3, -0.25) is 14.5 Å². The van der Waals surface area contributed by atoms with Gasteiger partial charge in [-0.05, 0) is 18.6 Å². The van der Waals surface area contributed by atoms with Gasteiger partial charge in [-0.2, -0.15) is 0 Å². The first-order chi connectivity index (χ1) is 12.4. The number of carboxylic acids is 1. The van der Waals surface area contributed by atoms with E-state index < -0.39 is 17.7 Å². The average molecular weight is 360 g/mol. The molecule has 140 valence electrons. The Morgan fingerprint density at radius 1 is 1.23 bits per heavy atom. The molecule has 0 bridgehead atoms. The number of ether oxygens (including phenoxy) is 1. The summed E-state index contributed by atoms with van der Waals surface area (Å²) in [6.45, 7) is 4.52. The van der Waals surface area contributed by atoms with Crippen LogP contribution in [0, 0.1) is 6.92 Å². The highest BCUT2D eigenvalue weighted by Crippen LogP contribution is 2.38. The van der Waals surface area contributed by atoms with E-state index in [4.69, 9.17) is 4.74 Å². The molecule has 2 aliphatic heterocycles. The van der Waals surface area contributed by atoms with Gasteiger partial charge in [-0.15, -0.1) is 0 Å². The minimum absolute atomic E-state index is 0.0331. The van der Waals surface area contributed by atoms with Crippen molar-refractivity contribution in [3.8, 4) is 0 Å². The Kier molecular flexibility index (Phi) is 5.00. The summed E-state index contributed by atoms with van der Waals surface area (Å²) in [6, 6.07) is 6.12. The molecule has 2 heterocycles. The fourth-order valence-corrected chi connectivity index (χ4v) is 3.83. The van der Waals surface area contributed by atoms with Crippen molar-refractivity contribution in [1.82, 2.24) is 9.80 Å². The lowest BCUT2D eigenvalue weighted by molar-refractivity contribution is -0.147. The zero-order valence-corrected chi connectivity index (χ0v) is 15.1. The summed E-state index contributed by atoms with van der Waals surface area (Å²) >= 11 is 0. The van der Waals surface area contributed by atoms with E-state index in [0.717, 1.165) is 5.56 Å². The topological polar surface area (TPSA) is 87.2 Å². The van der Waals surface area contributed by atoms with E-state index in [1.165, 1.54) is 4.90 Å². The van der Waals surface area contributed by atoms with Crippen LogP contribution in [0.3, 0.4) is 0 Å². The molecule has 0 aliphatic carbocycles. The summed E-state index contributed by atoms with van der Waals surface area (Å²) in [5, 5.41) is 9.60. The van der Waals surface area contributed by atoms with Gasteiger partial charge in [0.2, 0.25) is 5.91 Å². The number of benzene rings is 1. The molecule has 2 saturated heterocycles. The zero-order valence-electron chi connectivity index (χ0n) is 15.1. The third kappa shape index (κ3) is 3.07. The van der Waals surface area contributed by atoms with E-state index in [2.05, 4.69) is 0 Å². The fourth-order valence-electron chi connectivity index (χ4n) is 3.83. The molecule has 7 nitrogen and oxygen atoms in total. The molecule has 3 rings (SSSR count). The Morgan fingerprint density at radius 2 is 1.88 bits per heavy atom. The van der Waals surface area contributed by atoms with E-state index in [1.807, 2.05) is 26.0 Å². The highest BCUT2D eigenvalue weighted by molar-refractivity contribution is 5.98. The van der Waals surface area contributed by atoms with Crippen LogP contribution < -0.4 is 0 Å². The van der Waals surface area contributed by atoms with Crippen molar-refractivity contribution in [2.45, 2.75) is 44.9 Å². The van der Waals surface area contributed by atoms with Crippen molar-refractivity contribution in [2.24, 2.45) is 0 Å². The second kappa shape index (κ2) is 7.07. The summed E-state index contributed by atoms with van der Waals surface area (Å²) in [6.07, 6.45) is 1.26. The Balaban J connectivity index is 1.91. The number of likely N-dealkylation sites (tertiary alicyclic amines) is 1. The SMILES string of the molecule is CCC(=O)N1CCC2(CC1)OC[C@H](C(=O)O)N2C(=O)c1ccccc1C. The monoisotopic (exact) mass is 360 g/mol. The number of rotatable bonds is 3. The normalized spacial score (nSPS) is 21.8. The molecule has 1 N–H and O–H groups in total. The average Bonchev–Trinajstić information content (AvgIpc) is 3.00. The molecule has 1 aromatic carbocycles. The van der Waals surface area contributed by atoms with Crippen molar-refractivity contribution in [3.05, 3.63) is 35.4 Å². The van der Waals surface area contributed by atoms with E-state index >= 15 is 0 Å². The maximum atomic E-state index is 13.2. The molecule has 0 saturated carbocycles. The first kappa shape index (κ1) is 18.4. The number of carbonyl (C=O) groups is 3. The van der Waals surface area contributed by atoms with E-state index in [1.54, 1.807) is 17.0 Å². The van der Waals surface area contributed by atoms with Gasteiger partial charge < -0.3 is 14.7 Å². The lowest BCUT2D eigenvalue weighted by Crippen LogP contribution is -2.58. The van der Waals surface area contributed by atoms with Crippen LogP contribution in [0.1, 0.15) is 42.1 Å². The van der Waals surface area contributed by atoms with E-state index in [0.29, 0.717) is 37.9 Å². The Bertz CT molecular complexity index is 724. The summed E-state index contributed by atoms with van der Waals surface area (Å²) in [5.74, 6) is -1.34. The number of aliphatic carboxylic acids is 1. The molecular formula is C19H24N2O5. The van der Waals surface area contributed by atoms with Gasteiger partial charge in [-0.1, -0.05) is 25.1 Å². The van der Waals surface area contributed by atoms with Crippen molar-refractivity contribution in [3.63, 3.8) is 0 Å². The van der Waals surface area contributed by atoms with Crippen molar-refractivity contribution in [2.75, 3.05) is 19.7 Å². The minimum atomic E-state index is -1.07. The van der Waals surface area contributed by atoms with Gasteiger partial charge in [0, 0.05) is 37.9 Å². The molecule has 0 aromatic heterocycles. The number of piperidine rings is 1. The molecule has 26 heavy (non-hydrogen) atoms. The number of carboxylic acid groups (broad SMARTS) is 1. The maximum Gasteiger partial charge on any atom is 0.328 e. The molecule has 2 amide bonds. The van der Waals surface area contributed by atoms with Gasteiger partial charge in [-0.25, -0.2) is 4.79 Å². The molecule has 2 fully saturated rings. The summed E-state index contributed by atoms with van der Waals surface area (Å²) in [4.78, 5) is 40.0. The Hall–Kier alpha value is -2.41. The van der Waals surface area contributed by atoms with Crippen LogP contribution in [0.4, 0.5) is 0 Å². The Morgan fingerprint density at radius 3 is 2.46 bits per heavy atom. The van der Waals surface area contributed by atoms with Gasteiger partial charge in [0.15, 0.2) is 6.04 Å². The maximum absolute atomic E-state index is 13.2. The first-order valence-corrected chi connectivity index (χ1v) is 8.93. The number of nitrogens with zero attached hydrogens (tertiary/aromatic N) is 2. The zero-order chi connectivity index (χ0) is 18.9. The van der Waals surface area contributed by atoms with Crippen LogP contribution in [0.25, 0.3) is 0 Å². The van der Waals surface area contributed by atoms with E-state index in [9.17, 15) is 19.5 Å². The van der Waals surface area contributed by atoms with Crippen LogP contribution >= 0.6 is 0 Å². The number of carbonyl (C=O) groups excluding carboxylic acids is 2. The van der Waals surface area contributed by atoms with Gasteiger partial charge in [0.25, 0.3) is 5.91 Å². The largest absolute Gasteiger partial charge is 0.480 e. The number of hydrogen-bond acceptors (Lipinski definition) is 4. The highest BCUT2D eigenvalue weighted by Gasteiger charge is 2.54. The van der Waals surface area contributed by atoms with Gasteiger partial charge in [0.05, 0.1) is 6.61 Å². The molecule has 0 radical (unpaired) electrons. The van der Waals surface area contributed by atoms with Crippen LogP contribution in [0.5, 0.6) is 0 Å². The van der Waals surface area contributed by atoms with Crippen molar-refractivity contribution in [1.29, 1.82) is 0 Å². The first-order valence-electron chi connectivity index (χ1n) is 8.93. The van der Waals surface area contributed by atoms with Crippen LogP contribution in [0.2, 0.25) is 0 Å². The van der Waals surface area contributed by atoms with Crippen LogP contribution in [-0.4, -0.2) is 64.2 Å². The fraction of sp³-hybridized carbons (Fsp3) is 0.526. The molecule has 0 unspecified atom stereocenters. The molecule has 1 spiro atoms. The third-order valence-electron chi connectivity index (χ3n) is 5.34. The van der Waals surface area contributed by atoms with Gasteiger partial charge in [0.1, 0.15) is 5.72 Å². The van der Waals surface area contributed by atoms with Gasteiger partial charge >= 0.3 is 5.97 Å². The lowest BCUT2D eigenvalue weighted by atomic mass is 9.96. The number of amides is 2. The highest BCUT2D eigenvalue weighted by atomic mass is 16.5. The third-order valence-corrected chi connectivity index (χ3v) is 5.34. The Labute approximate surface area is 152 Å². The quantitative estimate of drug-likeness (QED) is 0.886. The smallest absolute Gasteiger partial charge is 0.328 e. The minimum Gasteiger partial charge on any atom is -0.480 e. The molecule has 1 aromatic rings. The number of hydrogen-bond donors (Lipinski definition) is 1. The van der Waals surface area contributed by atoms with Crippen molar-refractivity contribution < 1.29 is 24.2 Å². The van der Waals surface area contributed by atoms with Crippen LogP contribution in [-0.2, 0) is 14.3 Å². The van der Waals surface area contributed by atoms with Crippen LogP contribution in [0.15, 0.2) is 24.3 Å². The predicted octanol–water partition coefficient (Wildman–Crippen LogP) is 1.65. The predicted molar refractivity (Wildman–Crippen MR) is 93.6 cm³/mol. The second-order valence-electron chi connectivity index (χ2n) is 6.84. The summed E-state index contributed by atoms with van der Waals surface area (Å²) < 4.78 is 5.90. The molecular weight excluding hydrogens is 336 g/mol. The summed E-state index contributed by atoms with van der Waals surface area (Å²) in [5.41, 5.74) is 0.311. The number of aryl methyl sites for hydroxylation is 1. The molecule has 1 atom stereocenters. The second-order valence-corrected chi connectivity index (χ2v) is 6.84. The molecule has 7 heteroatoms. The molecule has 2 aliphatic rings. The van der Waals surface area contributed by atoms with E-state index in [-0.39, 0.29) is 18.4 Å². The van der Waals surface area contributed by atoms with Crippen molar-refractivity contribution >= 4 is 17.8 Å². The standard InChI is InChI=1S/C19H24N2O5/c1-3-16(22)20-10-8-19(9-11-20)21(15(12-26-19)18(24)25)17(23)14-7-5-4-6-13(14)2/h4-7,15H,3,8-12H2,1-2H3,(H,24,25)/t15-/m1/s1. The summed E-state index contributed by atoms with van der Waals surface area (Å²) in [7, 11) is 0.